The Labute approximate surface area is 144 Å². The second-order valence-corrected chi connectivity index (χ2v) is 6.98. The Hall–Kier alpha value is -1.66. The number of rotatable bonds is 6. The van der Waals surface area contributed by atoms with Gasteiger partial charge in [0.25, 0.3) is 0 Å². The van der Waals surface area contributed by atoms with E-state index in [1.807, 2.05) is 17.2 Å². The van der Waals surface area contributed by atoms with Crippen LogP contribution in [0.2, 0.25) is 0 Å². The largest absolute Gasteiger partial charge is 0.376 e. The van der Waals surface area contributed by atoms with Crippen LogP contribution < -0.4 is 5.32 Å². The van der Waals surface area contributed by atoms with Gasteiger partial charge in [0.15, 0.2) is 0 Å². The van der Waals surface area contributed by atoms with Crippen LogP contribution in [0, 0.1) is 5.92 Å². The van der Waals surface area contributed by atoms with E-state index in [2.05, 4.69) is 28.3 Å². The number of aromatic nitrogens is 1. The van der Waals surface area contributed by atoms with Gasteiger partial charge in [-0.3, -0.25) is 4.98 Å². The van der Waals surface area contributed by atoms with Gasteiger partial charge in [-0.1, -0.05) is 6.07 Å². The summed E-state index contributed by atoms with van der Waals surface area (Å²) >= 11 is 0. The number of urea groups is 1. The molecule has 0 bridgehead atoms. The van der Waals surface area contributed by atoms with Crippen molar-refractivity contribution in [1.82, 2.24) is 20.1 Å². The van der Waals surface area contributed by atoms with Crippen LogP contribution in [0.1, 0.15) is 24.8 Å². The van der Waals surface area contributed by atoms with Gasteiger partial charge in [0.1, 0.15) is 0 Å². The van der Waals surface area contributed by atoms with Gasteiger partial charge in [0.2, 0.25) is 0 Å². The molecule has 0 radical (unpaired) electrons. The number of hydrogen-bond acceptors (Lipinski definition) is 4. The first-order valence-electron chi connectivity index (χ1n) is 8.92. The Balaban J connectivity index is 1.37. The maximum Gasteiger partial charge on any atom is 0.317 e. The zero-order valence-corrected chi connectivity index (χ0v) is 14.5. The minimum atomic E-state index is 0.0583. The molecule has 1 N–H and O–H groups in total. The molecule has 0 aromatic carbocycles. The van der Waals surface area contributed by atoms with Crippen LogP contribution in [0.15, 0.2) is 24.5 Å². The van der Waals surface area contributed by atoms with Crippen LogP contribution in [0.3, 0.4) is 0 Å². The molecule has 3 rings (SSSR count). The van der Waals surface area contributed by atoms with E-state index in [9.17, 15) is 4.79 Å². The van der Waals surface area contributed by atoms with Crippen molar-refractivity contribution >= 4 is 6.03 Å². The molecule has 132 valence electrons. The second-order valence-electron chi connectivity index (χ2n) is 6.98. The van der Waals surface area contributed by atoms with Crippen molar-refractivity contribution in [2.75, 3.05) is 39.8 Å². The third-order valence-corrected chi connectivity index (χ3v) is 4.82. The molecule has 0 spiro atoms. The second kappa shape index (κ2) is 8.44. The maximum absolute atomic E-state index is 12.3. The maximum atomic E-state index is 12.3. The molecule has 0 saturated carbocycles. The molecule has 1 aromatic heterocycles. The smallest absolute Gasteiger partial charge is 0.317 e. The molecule has 6 nitrogen and oxygen atoms in total. The molecule has 3 heterocycles. The van der Waals surface area contributed by atoms with Gasteiger partial charge >= 0.3 is 6.03 Å². The molecule has 2 saturated heterocycles. The van der Waals surface area contributed by atoms with Crippen LogP contribution in [0.4, 0.5) is 4.79 Å². The van der Waals surface area contributed by atoms with Gasteiger partial charge in [-0.2, -0.15) is 0 Å². The van der Waals surface area contributed by atoms with Gasteiger partial charge in [-0.15, -0.1) is 0 Å². The van der Waals surface area contributed by atoms with E-state index in [-0.39, 0.29) is 12.1 Å². The van der Waals surface area contributed by atoms with Crippen LogP contribution >= 0.6 is 0 Å². The van der Waals surface area contributed by atoms with E-state index in [0.29, 0.717) is 12.5 Å². The highest BCUT2D eigenvalue weighted by Crippen LogP contribution is 2.18. The lowest BCUT2D eigenvalue weighted by Gasteiger charge is -2.22. The number of carbonyl (C=O) groups is 1. The van der Waals surface area contributed by atoms with Gasteiger partial charge in [0.05, 0.1) is 6.10 Å². The van der Waals surface area contributed by atoms with Gasteiger partial charge < -0.3 is 19.9 Å². The fourth-order valence-electron chi connectivity index (χ4n) is 3.59. The number of carbonyl (C=O) groups excluding carboxylic acids is 1. The zero-order valence-electron chi connectivity index (χ0n) is 14.5. The predicted molar refractivity (Wildman–Crippen MR) is 92.6 cm³/mol. The minimum Gasteiger partial charge on any atom is -0.376 e. The Morgan fingerprint density at radius 3 is 3.17 bits per heavy atom. The van der Waals surface area contributed by atoms with Crippen molar-refractivity contribution in [3.05, 3.63) is 30.1 Å². The molecular weight excluding hydrogens is 304 g/mol. The van der Waals surface area contributed by atoms with E-state index in [4.69, 9.17) is 4.74 Å². The molecule has 6 heteroatoms. The molecule has 24 heavy (non-hydrogen) atoms. The first-order chi connectivity index (χ1) is 11.7. The summed E-state index contributed by atoms with van der Waals surface area (Å²) in [5, 5.41) is 3.02. The number of nitrogens with one attached hydrogen (secondary N) is 1. The van der Waals surface area contributed by atoms with E-state index in [0.717, 1.165) is 52.0 Å². The number of likely N-dealkylation sites (tertiary alicyclic amines) is 1. The Morgan fingerprint density at radius 2 is 2.42 bits per heavy atom. The predicted octanol–water partition coefficient (Wildman–Crippen LogP) is 1.72. The standard InChI is InChI=1S/C18H28N4O2/c1-21(12-15-4-2-7-19-10-15)13-16-6-8-22(14-16)18(23)20-11-17-5-3-9-24-17/h2,4,7,10,16-17H,3,5-6,8-9,11-14H2,1H3,(H,20,23). The number of amides is 2. The summed E-state index contributed by atoms with van der Waals surface area (Å²) in [7, 11) is 2.13. The third kappa shape index (κ3) is 4.92. The lowest BCUT2D eigenvalue weighted by atomic mass is 10.1. The minimum absolute atomic E-state index is 0.0583. The lowest BCUT2D eigenvalue weighted by molar-refractivity contribution is 0.109. The number of hydrogen-bond donors (Lipinski definition) is 1. The summed E-state index contributed by atoms with van der Waals surface area (Å²) in [4.78, 5) is 20.7. The number of pyridine rings is 1. The van der Waals surface area contributed by atoms with Gasteiger partial charge in [0, 0.05) is 51.7 Å². The van der Waals surface area contributed by atoms with E-state index < -0.39 is 0 Å². The topological polar surface area (TPSA) is 57.7 Å². The summed E-state index contributed by atoms with van der Waals surface area (Å²) in [6.07, 6.45) is 7.16. The van der Waals surface area contributed by atoms with Crippen LogP contribution in [0.5, 0.6) is 0 Å². The summed E-state index contributed by atoms with van der Waals surface area (Å²) in [5.41, 5.74) is 1.23. The van der Waals surface area contributed by atoms with Crippen molar-refractivity contribution in [1.29, 1.82) is 0 Å². The van der Waals surface area contributed by atoms with Crippen molar-refractivity contribution < 1.29 is 9.53 Å². The van der Waals surface area contributed by atoms with Crippen molar-refractivity contribution in [3.63, 3.8) is 0 Å². The summed E-state index contributed by atoms with van der Waals surface area (Å²) in [6, 6.07) is 4.13. The van der Waals surface area contributed by atoms with Gasteiger partial charge in [-0.05, 0) is 43.9 Å². The molecule has 0 aliphatic carbocycles. The molecule has 2 atom stereocenters. The summed E-state index contributed by atoms with van der Waals surface area (Å²) in [6.45, 7) is 5.06. The molecule has 1 aromatic rings. The summed E-state index contributed by atoms with van der Waals surface area (Å²) < 4.78 is 5.55. The molecular formula is C18H28N4O2. The molecule has 2 fully saturated rings. The number of ether oxygens (including phenoxy) is 1. The van der Waals surface area contributed by atoms with Crippen LogP contribution in [-0.4, -0.2) is 66.8 Å². The van der Waals surface area contributed by atoms with E-state index in [1.54, 1.807) is 6.20 Å². The Kier molecular flexibility index (Phi) is 6.04. The fraction of sp³-hybridized carbons (Fsp3) is 0.667. The van der Waals surface area contributed by atoms with Crippen molar-refractivity contribution in [2.45, 2.75) is 31.9 Å². The quantitative estimate of drug-likeness (QED) is 0.862. The Morgan fingerprint density at radius 1 is 1.50 bits per heavy atom. The fourth-order valence-corrected chi connectivity index (χ4v) is 3.59. The average molecular weight is 332 g/mol. The SMILES string of the molecule is CN(Cc1cccnc1)CC1CCN(C(=O)NCC2CCCO2)C1. The summed E-state index contributed by atoms with van der Waals surface area (Å²) in [5.74, 6) is 0.542. The highest BCUT2D eigenvalue weighted by atomic mass is 16.5. The van der Waals surface area contributed by atoms with Crippen LogP contribution in [0.25, 0.3) is 0 Å². The lowest BCUT2D eigenvalue weighted by Crippen LogP contribution is -2.42. The highest BCUT2D eigenvalue weighted by molar-refractivity contribution is 5.74. The van der Waals surface area contributed by atoms with E-state index >= 15 is 0 Å². The molecule has 2 aliphatic heterocycles. The molecule has 2 aliphatic rings. The van der Waals surface area contributed by atoms with Gasteiger partial charge in [-0.25, -0.2) is 4.79 Å². The highest BCUT2D eigenvalue weighted by Gasteiger charge is 2.27. The first-order valence-corrected chi connectivity index (χ1v) is 8.92. The van der Waals surface area contributed by atoms with Crippen molar-refractivity contribution in [3.8, 4) is 0 Å². The van der Waals surface area contributed by atoms with Crippen molar-refractivity contribution in [2.24, 2.45) is 5.92 Å². The number of nitrogens with zero attached hydrogens (tertiary/aromatic N) is 3. The monoisotopic (exact) mass is 332 g/mol. The third-order valence-electron chi connectivity index (χ3n) is 4.82. The average Bonchev–Trinajstić information content (AvgIpc) is 3.25. The first kappa shape index (κ1) is 17.2. The normalized spacial score (nSPS) is 23.8. The molecule has 2 unspecified atom stereocenters. The molecule has 2 amide bonds. The zero-order chi connectivity index (χ0) is 16.8. The van der Waals surface area contributed by atoms with Crippen LogP contribution in [-0.2, 0) is 11.3 Å². The van der Waals surface area contributed by atoms with E-state index in [1.165, 1.54) is 5.56 Å². The Bertz CT molecular complexity index is 519.